The zero-order valence-corrected chi connectivity index (χ0v) is 16.0. The lowest BCUT2D eigenvalue weighted by atomic mass is 10.1. The second-order valence-corrected chi connectivity index (χ2v) is 7.00. The highest BCUT2D eigenvalue weighted by atomic mass is 19.4. The van der Waals surface area contributed by atoms with E-state index in [0.29, 0.717) is 19.2 Å². The van der Waals surface area contributed by atoms with Crippen molar-refractivity contribution in [3.63, 3.8) is 0 Å². The van der Waals surface area contributed by atoms with Crippen LogP contribution in [0.4, 0.5) is 30.2 Å². The summed E-state index contributed by atoms with van der Waals surface area (Å²) in [5.74, 6) is -0.116. The van der Waals surface area contributed by atoms with Crippen LogP contribution >= 0.6 is 0 Å². The first-order valence-electron chi connectivity index (χ1n) is 9.43. The molecule has 1 unspecified atom stereocenters. The fraction of sp³-hybridized carbons (Fsp3) is 0.350. The number of nitrogens with zero attached hydrogens (tertiary/aromatic N) is 2. The minimum atomic E-state index is -4.67. The molecular weight excluding hydrogens is 401 g/mol. The first-order valence-corrected chi connectivity index (χ1v) is 9.43. The Kier molecular flexibility index (Phi) is 6.43. The number of hydrogen-bond donors (Lipinski definition) is 2. The fourth-order valence-corrected chi connectivity index (χ4v) is 3.35. The van der Waals surface area contributed by atoms with Gasteiger partial charge in [0, 0.05) is 43.9 Å². The Hall–Kier alpha value is -3.30. The van der Waals surface area contributed by atoms with E-state index >= 15 is 0 Å². The maximum Gasteiger partial charge on any atom is 0.416 e. The van der Waals surface area contributed by atoms with Gasteiger partial charge in [-0.05, 0) is 30.7 Å². The number of nitro benzene ring substituents is 1. The Bertz CT molecular complexity index is 906. The van der Waals surface area contributed by atoms with Crippen LogP contribution < -0.4 is 10.6 Å². The summed E-state index contributed by atoms with van der Waals surface area (Å²) in [5.41, 5.74) is -0.839. The third-order valence-corrected chi connectivity index (χ3v) is 4.86. The fourth-order valence-electron chi connectivity index (χ4n) is 3.35. The molecule has 1 aliphatic heterocycles. The Morgan fingerprint density at radius 3 is 2.60 bits per heavy atom. The van der Waals surface area contributed by atoms with E-state index in [1.54, 1.807) is 4.90 Å². The first-order chi connectivity index (χ1) is 14.2. The van der Waals surface area contributed by atoms with E-state index in [2.05, 4.69) is 10.6 Å². The van der Waals surface area contributed by atoms with Crippen molar-refractivity contribution in [1.29, 1.82) is 0 Å². The van der Waals surface area contributed by atoms with Gasteiger partial charge in [0.1, 0.15) is 5.69 Å². The smallest absolute Gasteiger partial charge is 0.380 e. The molecule has 1 atom stereocenters. The maximum absolute atomic E-state index is 12.8. The highest BCUT2D eigenvalue weighted by molar-refractivity contribution is 5.77. The zero-order chi connectivity index (χ0) is 21.7. The van der Waals surface area contributed by atoms with Gasteiger partial charge in [-0.1, -0.05) is 18.2 Å². The van der Waals surface area contributed by atoms with Gasteiger partial charge in [0.05, 0.1) is 10.5 Å². The summed E-state index contributed by atoms with van der Waals surface area (Å²) < 4.78 is 38.3. The highest BCUT2D eigenvalue weighted by Gasteiger charge is 2.33. The van der Waals surface area contributed by atoms with E-state index in [4.69, 9.17) is 0 Å². The molecule has 1 fully saturated rings. The number of alkyl halides is 3. The molecule has 2 aromatic carbocycles. The second-order valence-electron chi connectivity index (χ2n) is 7.00. The van der Waals surface area contributed by atoms with Crippen molar-refractivity contribution >= 4 is 23.0 Å². The summed E-state index contributed by atoms with van der Waals surface area (Å²) in [5, 5.41) is 17.2. The van der Waals surface area contributed by atoms with Gasteiger partial charge in [-0.25, -0.2) is 0 Å². The minimum absolute atomic E-state index is 0.0501. The van der Waals surface area contributed by atoms with Gasteiger partial charge in [-0.2, -0.15) is 13.2 Å². The van der Waals surface area contributed by atoms with Crippen molar-refractivity contribution in [3.8, 4) is 0 Å². The average Bonchev–Trinajstić information content (AvgIpc) is 3.16. The Balaban J connectivity index is 1.52. The van der Waals surface area contributed by atoms with E-state index in [1.165, 1.54) is 0 Å². The van der Waals surface area contributed by atoms with E-state index < -0.39 is 22.4 Å². The highest BCUT2D eigenvalue weighted by Crippen LogP contribution is 2.34. The first kappa shape index (κ1) is 21.4. The van der Waals surface area contributed by atoms with Crippen molar-refractivity contribution in [2.45, 2.75) is 25.1 Å². The Morgan fingerprint density at radius 2 is 1.93 bits per heavy atom. The van der Waals surface area contributed by atoms with Crippen LogP contribution in [0, 0.1) is 10.1 Å². The van der Waals surface area contributed by atoms with Crippen LogP contribution in [0.5, 0.6) is 0 Å². The molecule has 1 aliphatic rings. The zero-order valence-electron chi connectivity index (χ0n) is 16.0. The van der Waals surface area contributed by atoms with Crippen molar-refractivity contribution in [1.82, 2.24) is 4.90 Å². The molecule has 0 bridgehead atoms. The number of para-hydroxylation sites is 1. The molecule has 7 nitrogen and oxygen atoms in total. The summed E-state index contributed by atoms with van der Waals surface area (Å²) >= 11 is 0. The molecule has 0 aromatic heterocycles. The van der Waals surface area contributed by atoms with Gasteiger partial charge in [0.2, 0.25) is 5.91 Å². The molecule has 1 saturated heterocycles. The van der Waals surface area contributed by atoms with Crippen molar-refractivity contribution in [2.24, 2.45) is 0 Å². The van der Waals surface area contributed by atoms with Crippen LogP contribution in [-0.2, 0) is 11.0 Å². The number of benzene rings is 2. The molecule has 2 aromatic rings. The number of nitrogens with one attached hydrogen (secondary N) is 2. The quantitative estimate of drug-likeness (QED) is 0.518. The molecule has 2 N–H and O–H groups in total. The summed E-state index contributed by atoms with van der Waals surface area (Å²) in [6, 6.07) is 12.1. The van der Waals surface area contributed by atoms with Gasteiger partial charge in [0.15, 0.2) is 0 Å². The number of halogens is 3. The lowest BCUT2D eigenvalue weighted by Crippen LogP contribution is -2.32. The molecule has 0 saturated carbocycles. The summed E-state index contributed by atoms with van der Waals surface area (Å²) in [6.07, 6.45) is -3.78. The third-order valence-electron chi connectivity index (χ3n) is 4.86. The van der Waals surface area contributed by atoms with Crippen molar-refractivity contribution in [2.75, 3.05) is 30.3 Å². The minimum Gasteiger partial charge on any atom is -0.380 e. The van der Waals surface area contributed by atoms with Crippen LogP contribution in [0.3, 0.4) is 0 Å². The summed E-state index contributed by atoms with van der Waals surface area (Å²) in [6.45, 7) is 1.23. The third kappa shape index (κ3) is 5.40. The summed E-state index contributed by atoms with van der Waals surface area (Å²) in [4.78, 5) is 24.4. The number of nitro groups is 1. The molecule has 30 heavy (non-hydrogen) atoms. The van der Waals surface area contributed by atoms with Crippen LogP contribution in [0.2, 0.25) is 0 Å². The molecule has 3 rings (SSSR count). The van der Waals surface area contributed by atoms with Crippen LogP contribution in [-0.4, -0.2) is 41.4 Å². The van der Waals surface area contributed by atoms with Crippen LogP contribution in [0.15, 0.2) is 48.5 Å². The van der Waals surface area contributed by atoms with Gasteiger partial charge in [-0.15, -0.1) is 0 Å². The Morgan fingerprint density at radius 1 is 1.20 bits per heavy atom. The SMILES string of the molecule is O=C(CCNc1ccc(C(F)(F)F)cc1[N+](=O)[O-])N1CCC(Nc2ccccc2)C1. The van der Waals surface area contributed by atoms with E-state index in [0.717, 1.165) is 24.2 Å². The standard InChI is InChI=1S/C20H21F3N4O3/c21-20(22,23)14-6-7-17(18(12-14)27(29)30)24-10-8-19(28)26-11-9-16(13-26)25-15-4-2-1-3-5-15/h1-7,12,16,24-25H,8-11,13H2. The second kappa shape index (κ2) is 9.02. The monoisotopic (exact) mass is 422 g/mol. The van der Waals surface area contributed by atoms with E-state index in [9.17, 15) is 28.1 Å². The average molecular weight is 422 g/mol. The predicted octanol–water partition coefficient (Wildman–Crippen LogP) is 4.13. The summed E-state index contributed by atoms with van der Waals surface area (Å²) in [7, 11) is 0. The van der Waals surface area contributed by atoms with Crippen LogP contribution in [0.25, 0.3) is 0 Å². The molecular formula is C20H21F3N4O3. The molecule has 160 valence electrons. The predicted molar refractivity (Wildman–Crippen MR) is 106 cm³/mol. The van der Waals surface area contributed by atoms with Gasteiger partial charge >= 0.3 is 6.18 Å². The molecule has 10 heteroatoms. The molecule has 0 aliphatic carbocycles. The number of amides is 1. The van der Waals surface area contributed by atoms with Crippen molar-refractivity contribution < 1.29 is 22.9 Å². The number of carbonyl (C=O) groups is 1. The lowest BCUT2D eigenvalue weighted by molar-refractivity contribution is -0.384. The Labute approximate surface area is 171 Å². The number of hydrogen-bond acceptors (Lipinski definition) is 5. The number of likely N-dealkylation sites (tertiary alicyclic amines) is 1. The molecule has 0 spiro atoms. The molecule has 1 amide bonds. The van der Waals surface area contributed by atoms with Gasteiger partial charge < -0.3 is 15.5 Å². The van der Waals surface area contributed by atoms with Gasteiger partial charge in [-0.3, -0.25) is 14.9 Å². The lowest BCUT2D eigenvalue weighted by Gasteiger charge is -2.18. The normalized spacial score (nSPS) is 16.4. The van der Waals surface area contributed by atoms with Crippen LogP contribution in [0.1, 0.15) is 18.4 Å². The number of carbonyl (C=O) groups excluding carboxylic acids is 1. The topological polar surface area (TPSA) is 87.5 Å². The molecule has 1 heterocycles. The number of anilines is 2. The maximum atomic E-state index is 12.8. The largest absolute Gasteiger partial charge is 0.416 e. The van der Waals surface area contributed by atoms with E-state index in [1.807, 2.05) is 30.3 Å². The van der Waals surface area contributed by atoms with Crippen molar-refractivity contribution in [3.05, 3.63) is 64.2 Å². The number of rotatable bonds is 7. The van der Waals surface area contributed by atoms with E-state index in [-0.39, 0.29) is 30.6 Å². The molecule has 0 radical (unpaired) electrons. The van der Waals surface area contributed by atoms with Gasteiger partial charge in [0.25, 0.3) is 5.69 Å².